The molecule has 0 radical (unpaired) electrons. The van der Waals surface area contributed by atoms with Crippen LogP contribution < -0.4 is 11.3 Å². The van der Waals surface area contributed by atoms with Crippen molar-refractivity contribution in [3.8, 4) is 0 Å². The molecule has 11 heavy (non-hydrogen) atoms. The summed E-state index contributed by atoms with van der Waals surface area (Å²) >= 11 is 0. The first-order chi connectivity index (χ1) is 4.33. The first kappa shape index (κ1) is 13.3. The molecule has 0 aliphatic heterocycles. The fourth-order valence-electron chi connectivity index (χ4n) is 0.662. The van der Waals surface area contributed by atoms with Crippen molar-refractivity contribution in [3.05, 3.63) is 18.0 Å². The van der Waals surface area contributed by atoms with Crippen molar-refractivity contribution in [1.29, 1.82) is 0 Å². The summed E-state index contributed by atoms with van der Waals surface area (Å²) in [5.74, 6) is 5.07. The average Bonchev–Trinajstić information content (AvgIpc) is 2.17. The molecule has 4 nitrogen and oxygen atoms in total. The van der Waals surface area contributed by atoms with E-state index in [1.54, 1.807) is 4.68 Å². The van der Waals surface area contributed by atoms with Gasteiger partial charge in [0.2, 0.25) is 0 Å². The van der Waals surface area contributed by atoms with Gasteiger partial charge in [0.25, 0.3) is 0 Å². The van der Waals surface area contributed by atoms with E-state index in [0.29, 0.717) is 6.54 Å². The largest absolute Gasteiger partial charge is 0.276 e. The number of aryl methyl sites for hydroxylation is 1. The van der Waals surface area contributed by atoms with Crippen LogP contribution in [0.4, 0.5) is 0 Å². The van der Waals surface area contributed by atoms with Gasteiger partial charge in [-0.15, -0.1) is 24.8 Å². The third kappa shape index (κ3) is 4.21. The molecule has 0 bridgehead atoms. The van der Waals surface area contributed by atoms with Crippen molar-refractivity contribution < 1.29 is 0 Å². The molecule has 0 unspecified atom stereocenters. The second-order valence-electron chi connectivity index (χ2n) is 1.86. The molecule has 0 aromatic carbocycles. The second kappa shape index (κ2) is 6.42. The van der Waals surface area contributed by atoms with Crippen LogP contribution in [-0.2, 0) is 13.6 Å². The summed E-state index contributed by atoms with van der Waals surface area (Å²) in [4.78, 5) is 0. The Bertz CT molecular complexity index is 188. The van der Waals surface area contributed by atoms with Crippen LogP contribution in [0, 0.1) is 0 Å². The van der Waals surface area contributed by atoms with Crippen LogP contribution in [0.5, 0.6) is 0 Å². The topological polar surface area (TPSA) is 55.9 Å². The lowest BCUT2D eigenvalue weighted by atomic mass is 10.4. The summed E-state index contributed by atoms with van der Waals surface area (Å²) in [6.07, 6.45) is 1.88. The van der Waals surface area contributed by atoms with Gasteiger partial charge in [-0.3, -0.25) is 16.0 Å². The predicted molar refractivity (Wildman–Crippen MR) is 48.7 cm³/mol. The van der Waals surface area contributed by atoms with Crippen molar-refractivity contribution in [2.45, 2.75) is 6.54 Å². The molecule has 0 fully saturated rings. The van der Waals surface area contributed by atoms with E-state index in [1.807, 2.05) is 19.3 Å². The Morgan fingerprint density at radius 1 is 1.64 bits per heavy atom. The van der Waals surface area contributed by atoms with Gasteiger partial charge in [0.05, 0.1) is 12.2 Å². The van der Waals surface area contributed by atoms with Gasteiger partial charge in [-0.2, -0.15) is 5.10 Å². The normalized spacial score (nSPS) is 8.18. The fourth-order valence-corrected chi connectivity index (χ4v) is 0.662. The Balaban J connectivity index is 0. The van der Waals surface area contributed by atoms with E-state index in [4.69, 9.17) is 5.84 Å². The lowest BCUT2D eigenvalue weighted by molar-refractivity contribution is 0.683. The Hall–Kier alpha value is -0.290. The highest BCUT2D eigenvalue weighted by atomic mass is 35.5. The molecule has 0 saturated carbocycles. The highest BCUT2D eigenvalue weighted by molar-refractivity contribution is 5.85. The van der Waals surface area contributed by atoms with E-state index in [2.05, 4.69) is 10.5 Å². The van der Waals surface area contributed by atoms with Crippen LogP contribution in [-0.4, -0.2) is 9.78 Å². The summed E-state index contributed by atoms with van der Waals surface area (Å²) in [5.41, 5.74) is 3.48. The van der Waals surface area contributed by atoms with Gasteiger partial charge in [-0.1, -0.05) is 0 Å². The van der Waals surface area contributed by atoms with E-state index in [-0.39, 0.29) is 24.8 Å². The summed E-state index contributed by atoms with van der Waals surface area (Å²) in [7, 11) is 1.88. The molecule has 0 amide bonds. The molecule has 0 spiro atoms. The van der Waals surface area contributed by atoms with E-state index in [0.717, 1.165) is 5.69 Å². The number of nitrogens with two attached hydrogens (primary N) is 1. The predicted octanol–water partition coefficient (Wildman–Crippen LogP) is 0.227. The highest BCUT2D eigenvalue weighted by Gasteiger charge is 1.91. The third-order valence-electron chi connectivity index (χ3n) is 1.05. The zero-order valence-corrected chi connectivity index (χ0v) is 7.78. The zero-order valence-electron chi connectivity index (χ0n) is 6.15. The molecule has 66 valence electrons. The van der Waals surface area contributed by atoms with Crippen molar-refractivity contribution >= 4 is 24.8 Å². The second-order valence-corrected chi connectivity index (χ2v) is 1.86. The Morgan fingerprint density at radius 2 is 2.27 bits per heavy atom. The summed E-state index contributed by atoms with van der Waals surface area (Å²) in [5, 5.41) is 4.07. The molecule has 0 atom stereocenters. The van der Waals surface area contributed by atoms with Crippen LogP contribution in [0.1, 0.15) is 5.69 Å². The van der Waals surface area contributed by atoms with Gasteiger partial charge >= 0.3 is 0 Å². The van der Waals surface area contributed by atoms with Crippen molar-refractivity contribution in [1.82, 2.24) is 15.2 Å². The van der Waals surface area contributed by atoms with Crippen molar-refractivity contribution in [2.75, 3.05) is 0 Å². The van der Waals surface area contributed by atoms with E-state index in [1.165, 1.54) is 0 Å². The quantitative estimate of drug-likeness (QED) is 0.529. The lowest BCUT2D eigenvalue weighted by Gasteiger charge is -1.90. The minimum atomic E-state index is 0. The number of hydrazine groups is 1. The number of hydrogen-bond acceptors (Lipinski definition) is 3. The summed E-state index contributed by atoms with van der Waals surface area (Å²) < 4.78 is 1.74. The molecular weight excluding hydrogens is 187 g/mol. The van der Waals surface area contributed by atoms with Crippen molar-refractivity contribution in [3.63, 3.8) is 0 Å². The Labute approximate surface area is 77.9 Å². The highest BCUT2D eigenvalue weighted by Crippen LogP contribution is 1.90. The average molecular weight is 199 g/mol. The molecule has 1 aromatic heterocycles. The van der Waals surface area contributed by atoms with Crippen LogP contribution in [0.3, 0.4) is 0 Å². The standard InChI is InChI=1S/C5H10N4.2ClH/c1-9-3-2-5(8-9)4-7-6;;/h2-3,7H,4,6H2,1H3;2*1H. The fraction of sp³-hybridized carbons (Fsp3) is 0.400. The van der Waals surface area contributed by atoms with Crippen LogP contribution in [0.2, 0.25) is 0 Å². The van der Waals surface area contributed by atoms with E-state index in [9.17, 15) is 0 Å². The maximum atomic E-state index is 5.07. The van der Waals surface area contributed by atoms with Crippen LogP contribution in [0.25, 0.3) is 0 Å². The Kier molecular flexibility index (Phi) is 7.77. The molecule has 6 heteroatoms. The lowest BCUT2D eigenvalue weighted by Crippen LogP contribution is -2.21. The van der Waals surface area contributed by atoms with Gasteiger partial charge in [0.1, 0.15) is 0 Å². The van der Waals surface area contributed by atoms with Gasteiger partial charge in [-0.25, -0.2) is 0 Å². The molecule has 1 aromatic rings. The van der Waals surface area contributed by atoms with Gasteiger partial charge in [-0.05, 0) is 6.07 Å². The number of rotatable bonds is 2. The van der Waals surface area contributed by atoms with Gasteiger partial charge in [0, 0.05) is 13.2 Å². The third-order valence-corrected chi connectivity index (χ3v) is 1.05. The van der Waals surface area contributed by atoms with Crippen molar-refractivity contribution in [2.24, 2.45) is 12.9 Å². The van der Waals surface area contributed by atoms with Crippen LogP contribution >= 0.6 is 24.8 Å². The monoisotopic (exact) mass is 198 g/mol. The zero-order chi connectivity index (χ0) is 6.69. The number of nitrogens with zero attached hydrogens (tertiary/aromatic N) is 2. The van der Waals surface area contributed by atoms with Gasteiger partial charge < -0.3 is 0 Å². The molecular formula is C5H12Cl2N4. The number of aromatic nitrogens is 2. The van der Waals surface area contributed by atoms with Crippen LogP contribution in [0.15, 0.2) is 12.3 Å². The Morgan fingerprint density at radius 3 is 2.64 bits per heavy atom. The number of nitrogens with one attached hydrogen (secondary N) is 1. The smallest absolute Gasteiger partial charge is 0.0776 e. The molecule has 0 aliphatic rings. The first-order valence-corrected chi connectivity index (χ1v) is 2.75. The molecule has 0 aliphatic carbocycles. The molecule has 3 N–H and O–H groups in total. The first-order valence-electron chi connectivity index (χ1n) is 2.75. The van der Waals surface area contributed by atoms with Gasteiger partial charge in [0.15, 0.2) is 0 Å². The SMILES string of the molecule is Cl.Cl.Cn1ccc(CNN)n1. The maximum Gasteiger partial charge on any atom is 0.0776 e. The minimum Gasteiger partial charge on any atom is -0.276 e. The number of hydrogen-bond donors (Lipinski definition) is 2. The minimum absolute atomic E-state index is 0. The summed E-state index contributed by atoms with van der Waals surface area (Å²) in [6, 6.07) is 1.92. The number of halogens is 2. The summed E-state index contributed by atoms with van der Waals surface area (Å²) in [6.45, 7) is 0.626. The van der Waals surface area contributed by atoms with E-state index < -0.39 is 0 Å². The maximum absolute atomic E-state index is 5.07. The molecule has 1 rings (SSSR count). The molecule has 1 heterocycles. The van der Waals surface area contributed by atoms with E-state index >= 15 is 0 Å². The molecule has 0 saturated heterocycles.